The number of carbonyl (C=O) groups excluding carboxylic acids is 1. The number of benzene rings is 1. The Hall–Kier alpha value is -1.07. The van der Waals surface area contributed by atoms with Crippen molar-refractivity contribution in [3.8, 4) is 0 Å². The molecular weight excluding hydrogens is 282 g/mol. The van der Waals surface area contributed by atoms with Crippen molar-refractivity contribution in [1.29, 1.82) is 0 Å². The molecule has 0 spiro atoms. The standard InChI is InChI=1S/C12H16BrN3O/c1-8(14)10-3-2-9(6-11(10)13)16-5-4-15-12(17)7-16/h2-3,6,8H,4-5,7,14H2,1H3,(H,15,17)/t8-/m0/s1. The second-order valence-corrected chi connectivity index (χ2v) is 5.12. The zero-order valence-corrected chi connectivity index (χ0v) is 11.3. The lowest BCUT2D eigenvalue weighted by atomic mass is 10.1. The van der Waals surface area contributed by atoms with Gasteiger partial charge in [-0.15, -0.1) is 0 Å². The summed E-state index contributed by atoms with van der Waals surface area (Å²) >= 11 is 3.52. The molecule has 0 saturated carbocycles. The minimum absolute atomic E-state index is 0.00285. The number of carbonyl (C=O) groups is 1. The fourth-order valence-corrected chi connectivity index (χ4v) is 2.67. The topological polar surface area (TPSA) is 58.4 Å². The molecule has 0 aliphatic carbocycles. The predicted octanol–water partition coefficient (Wildman–Crippen LogP) is 1.41. The summed E-state index contributed by atoms with van der Waals surface area (Å²) in [5.41, 5.74) is 7.99. The molecule has 92 valence electrons. The van der Waals surface area contributed by atoms with Crippen molar-refractivity contribution in [2.75, 3.05) is 24.5 Å². The van der Waals surface area contributed by atoms with Gasteiger partial charge in [0.25, 0.3) is 0 Å². The van der Waals surface area contributed by atoms with E-state index in [9.17, 15) is 4.79 Å². The molecule has 5 heteroatoms. The van der Waals surface area contributed by atoms with Crippen LogP contribution in [0.2, 0.25) is 0 Å². The van der Waals surface area contributed by atoms with Crippen molar-refractivity contribution in [2.24, 2.45) is 5.73 Å². The number of piperazine rings is 1. The molecule has 1 aromatic carbocycles. The van der Waals surface area contributed by atoms with Crippen LogP contribution in [0.1, 0.15) is 18.5 Å². The summed E-state index contributed by atoms with van der Waals surface area (Å²) in [5, 5.41) is 2.81. The molecule has 1 atom stereocenters. The quantitative estimate of drug-likeness (QED) is 0.868. The number of nitrogens with one attached hydrogen (secondary N) is 1. The van der Waals surface area contributed by atoms with Crippen LogP contribution in [0, 0.1) is 0 Å². The van der Waals surface area contributed by atoms with Gasteiger partial charge in [-0.05, 0) is 24.6 Å². The second kappa shape index (κ2) is 5.06. The molecule has 1 aliphatic heterocycles. The number of halogens is 1. The summed E-state index contributed by atoms with van der Waals surface area (Å²) in [6.07, 6.45) is 0. The van der Waals surface area contributed by atoms with Gasteiger partial charge in [-0.25, -0.2) is 0 Å². The fourth-order valence-electron chi connectivity index (χ4n) is 1.94. The van der Waals surface area contributed by atoms with Crippen molar-refractivity contribution in [3.05, 3.63) is 28.2 Å². The van der Waals surface area contributed by atoms with E-state index in [1.165, 1.54) is 0 Å². The summed E-state index contributed by atoms with van der Waals surface area (Å²) in [6.45, 7) is 3.92. The molecule has 1 amide bonds. The van der Waals surface area contributed by atoms with Crippen LogP contribution in [0.5, 0.6) is 0 Å². The molecule has 0 unspecified atom stereocenters. The highest BCUT2D eigenvalue weighted by Gasteiger charge is 2.17. The number of nitrogens with two attached hydrogens (primary N) is 1. The number of nitrogens with zero attached hydrogens (tertiary/aromatic N) is 1. The van der Waals surface area contributed by atoms with E-state index >= 15 is 0 Å². The first kappa shape index (κ1) is 12.4. The van der Waals surface area contributed by atoms with Gasteiger partial charge in [0.15, 0.2) is 0 Å². The first-order valence-electron chi connectivity index (χ1n) is 5.64. The van der Waals surface area contributed by atoms with Crippen LogP contribution in [0.25, 0.3) is 0 Å². The van der Waals surface area contributed by atoms with E-state index < -0.39 is 0 Å². The third-order valence-electron chi connectivity index (χ3n) is 2.88. The zero-order valence-electron chi connectivity index (χ0n) is 9.74. The molecule has 1 aliphatic rings. The monoisotopic (exact) mass is 297 g/mol. The van der Waals surface area contributed by atoms with Crippen LogP contribution >= 0.6 is 15.9 Å². The molecular formula is C12H16BrN3O. The highest BCUT2D eigenvalue weighted by molar-refractivity contribution is 9.10. The van der Waals surface area contributed by atoms with Gasteiger partial charge < -0.3 is 16.0 Å². The second-order valence-electron chi connectivity index (χ2n) is 4.27. The maximum atomic E-state index is 11.3. The summed E-state index contributed by atoms with van der Waals surface area (Å²) in [6, 6.07) is 6.05. The van der Waals surface area contributed by atoms with Gasteiger partial charge in [-0.3, -0.25) is 4.79 Å². The average molecular weight is 298 g/mol. The predicted molar refractivity (Wildman–Crippen MR) is 72.0 cm³/mol. The Bertz CT molecular complexity index is 434. The lowest BCUT2D eigenvalue weighted by Crippen LogP contribution is -2.47. The van der Waals surface area contributed by atoms with Gasteiger partial charge in [-0.1, -0.05) is 22.0 Å². The average Bonchev–Trinajstić information content (AvgIpc) is 2.28. The maximum absolute atomic E-state index is 11.3. The van der Waals surface area contributed by atoms with Crippen LogP contribution < -0.4 is 16.0 Å². The molecule has 1 fully saturated rings. The fraction of sp³-hybridized carbons (Fsp3) is 0.417. The van der Waals surface area contributed by atoms with E-state index in [0.29, 0.717) is 13.1 Å². The van der Waals surface area contributed by atoms with Gasteiger partial charge in [-0.2, -0.15) is 0 Å². The van der Waals surface area contributed by atoms with Gasteiger partial charge in [0, 0.05) is 29.3 Å². The van der Waals surface area contributed by atoms with Gasteiger partial charge in [0.1, 0.15) is 0 Å². The first-order valence-corrected chi connectivity index (χ1v) is 6.44. The minimum Gasteiger partial charge on any atom is -0.360 e. The van der Waals surface area contributed by atoms with Crippen LogP contribution in [-0.2, 0) is 4.79 Å². The molecule has 0 aromatic heterocycles. The molecule has 0 radical (unpaired) electrons. The Morgan fingerprint density at radius 2 is 2.29 bits per heavy atom. The number of rotatable bonds is 2. The van der Waals surface area contributed by atoms with Crippen molar-refractivity contribution in [2.45, 2.75) is 13.0 Å². The van der Waals surface area contributed by atoms with E-state index in [1.54, 1.807) is 0 Å². The van der Waals surface area contributed by atoms with Gasteiger partial charge in [0.05, 0.1) is 6.54 Å². The van der Waals surface area contributed by atoms with Crippen molar-refractivity contribution >= 4 is 27.5 Å². The van der Waals surface area contributed by atoms with Gasteiger partial charge >= 0.3 is 0 Å². The third kappa shape index (κ3) is 2.79. The highest BCUT2D eigenvalue weighted by atomic mass is 79.9. The molecule has 1 heterocycles. The summed E-state index contributed by atoms with van der Waals surface area (Å²) in [4.78, 5) is 13.4. The molecule has 17 heavy (non-hydrogen) atoms. The summed E-state index contributed by atoms with van der Waals surface area (Å²) in [7, 11) is 0. The summed E-state index contributed by atoms with van der Waals surface area (Å²) < 4.78 is 0.996. The maximum Gasteiger partial charge on any atom is 0.239 e. The SMILES string of the molecule is C[C@H](N)c1ccc(N2CCNC(=O)C2)cc1Br. The van der Waals surface area contributed by atoms with E-state index in [4.69, 9.17) is 5.73 Å². The molecule has 1 saturated heterocycles. The Morgan fingerprint density at radius 1 is 1.53 bits per heavy atom. The zero-order chi connectivity index (χ0) is 12.4. The van der Waals surface area contributed by atoms with Crippen LogP contribution in [0.4, 0.5) is 5.69 Å². The molecule has 1 aromatic rings. The van der Waals surface area contributed by atoms with Crippen molar-refractivity contribution in [1.82, 2.24) is 5.32 Å². The molecule has 4 nitrogen and oxygen atoms in total. The van der Waals surface area contributed by atoms with E-state index in [2.05, 4.69) is 26.1 Å². The van der Waals surface area contributed by atoms with Crippen molar-refractivity contribution in [3.63, 3.8) is 0 Å². The first-order chi connectivity index (χ1) is 8.08. The number of amides is 1. The Balaban J connectivity index is 2.22. The molecule has 3 N–H and O–H groups in total. The third-order valence-corrected chi connectivity index (χ3v) is 3.56. The Morgan fingerprint density at radius 3 is 2.88 bits per heavy atom. The Labute approximate surface area is 109 Å². The number of hydrogen-bond acceptors (Lipinski definition) is 3. The molecule has 2 rings (SSSR count). The van der Waals surface area contributed by atoms with Crippen LogP contribution in [-0.4, -0.2) is 25.5 Å². The Kier molecular flexibility index (Phi) is 3.69. The van der Waals surface area contributed by atoms with E-state index in [-0.39, 0.29) is 11.9 Å². The van der Waals surface area contributed by atoms with Crippen molar-refractivity contribution < 1.29 is 4.79 Å². The molecule has 0 bridgehead atoms. The van der Waals surface area contributed by atoms with Crippen LogP contribution in [0.15, 0.2) is 22.7 Å². The largest absolute Gasteiger partial charge is 0.360 e. The van der Waals surface area contributed by atoms with E-state index in [0.717, 1.165) is 22.3 Å². The van der Waals surface area contributed by atoms with Crippen LogP contribution in [0.3, 0.4) is 0 Å². The highest BCUT2D eigenvalue weighted by Crippen LogP contribution is 2.27. The van der Waals surface area contributed by atoms with Gasteiger partial charge in [0.2, 0.25) is 5.91 Å². The smallest absolute Gasteiger partial charge is 0.239 e. The minimum atomic E-state index is 0.00285. The lowest BCUT2D eigenvalue weighted by Gasteiger charge is -2.29. The normalized spacial score (nSPS) is 17.8. The lowest BCUT2D eigenvalue weighted by molar-refractivity contribution is -0.120. The van der Waals surface area contributed by atoms with E-state index in [1.807, 2.05) is 25.1 Å². The summed E-state index contributed by atoms with van der Waals surface area (Å²) in [5.74, 6) is 0.0728. The number of hydrogen-bond donors (Lipinski definition) is 2. The number of anilines is 1.